The number of fused-ring (bicyclic) bond motifs is 1. The van der Waals surface area contributed by atoms with Crippen molar-refractivity contribution in [2.75, 3.05) is 49.5 Å². The van der Waals surface area contributed by atoms with Gasteiger partial charge < -0.3 is 19.9 Å². The lowest BCUT2D eigenvalue weighted by atomic mass is 9.88. The molecule has 3 saturated heterocycles. The molecule has 4 aliphatic rings. The van der Waals surface area contributed by atoms with Crippen LogP contribution in [0.3, 0.4) is 0 Å². The van der Waals surface area contributed by atoms with Gasteiger partial charge in [-0.2, -0.15) is 5.10 Å². The monoisotopic (exact) mass is 813 g/mol. The Labute approximate surface area is 349 Å². The van der Waals surface area contributed by atoms with Crippen LogP contribution in [0.25, 0.3) is 33.3 Å². The van der Waals surface area contributed by atoms with Gasteiger partial charge in [0.25, 0.3) is 0 Å². The Morgan fingerprint density at radius 3 is 2.37 bits per heavy atom. The zero-order chi connectivity index (χ0) is 41.2. The third kappa shape index (κ3) is 8.70. The summed E-state index contributed by atoms with van der Waals surface area (Å²) in [5.74, 6) is 1.28. The molecule has 0 spiro atoms. The number of benzene rings is 3. The van der Waals surface area contributed by atoms with Crippen molar-refractivity contribution in [3.63, 3.8) is 0 Å². The summed E-state index contributed by atoms with van der Waals surface area (Å²) in [5, 5.41) is 11.4. The number of rotatable bonds is 9. The summed E-state index contributed by atoms with van der Waals surface area (Å²) in [5.41, 5.74) is 5.29. The number of piperidine rings is 2. The molecule has 5 aromatic rings. The molecule has 0 atom stereocenters. The number of hydrogen-bond donors (Lipinski definition) is 2. The van der Waals surface area contributed by atoms with Gasteiger partial charge in [0.15, 0.2) is 11.6 Å². The molecule has 2 N–H and O–H groups in total. The Morgan fingerprint density at radius 1 is 0.850 bits per heavy atom. The third-order valence-electron chi connectivity index (χ3n) is 12.9. The van der Waals surface area contributed by atoms with Crippen LogP contribution in [0.4, 0.5) is 25.7 Å². The Hall–Kier alpha value is -5.89. The van der Waals surface area contributed by atoms with Crippen molar-refractivity contribution in [1.29, 1.82) is 0 Å². The fourth-order valence-electron chi connectivity index (χ4n) is 9.43. The van der Waals surface area contributed by atoms with Crippen LogP contribution in [0.15, 0.2) is 79.0 Å². The minimum atomic E-state index is -0.466. The summed E-state index contributed by atoms with van der Waals surface area (Å²) >= 11 is 0. The summed E-state index contributed by atoms with van der Waals surface area (Å²) < 4.78 is 22.8. The van der Waals surface area contributed by atoms with E-state index in [1.54, 1.807) is 4.90 Å². The predicted molar refractivity (Wildman–Crippen MR) is 228 cm³/mol. The van der Waals surface area contributed by atoms with Gasteiger partial charge in [0.05, 0.1) is 11.7 Å². The maximum absolute atomic E-state index is 15.0. The van der Waals surface area contributed by atoms with Crippen molar-refractivity contribution in [2.24, 2.45) is 13.0 Å². The number of ether oxygens (including phenoxy) is 1. The van der Waals surface area contributed by atoms with E-state index in [9.17, 15) is 18.8 Å². The van der Waals surface area contributed by atoms with Gasteiger partial charge in [-0.15, -0.1) is 0 Å². The normalized spacial score (nSPS) is 21.0. The molecule has 0 unspecified atom stereocenters. The lowest BCUT2D eigenvalue weighted by Gasteiger charge is -2.38. The van der Waals surface area contributed by atoms with E-state index in [2.05, 4.69) is 48.8 Å². The first-order valence-electron chi connectivity index (χ1n) is 21.4. The van der Waals surface area contributed by atoms with Crippen molar-refractivity contribution in [2.45, 2.75) is 75.9 Å². The Morgan fingerprint density at radius 2 is 1.60 bits per heavy atom. The van der Waals surface area contributed by atoms with Crippen molar-refractivity contribution in [1.82, 2.24) is 34.9 Å². The average molecular weight is 814 g/mol. The van der Waals surface area contributed by atoms with E-state index in [1.807, 2.05) is 71.2 Å². The molecular formula is C46H52FN9O4. The number of nitrogens with one attached hydrogen (secondary N) is 2. The number of carbonyl (C=O) groups is 3. The number of aryl methyl sites for hydroxylation is 1. The topological polar surface area (TPSA) is 138 Å². The molecule has 60 heavy (non-hydrogen) atoms. The number of carbonyl (C=O) groups excluding carboxylic acids is 3. The minimum Gasteiger partial charge on any atom is -0.446 e. The zero-order valence-corrected chi connectivity index (χ0v) is 34.1. The number of urea groups is 1. The smallest absolute Gasteiger partial charge is 0.410 e. The van der Waals surface area contributed by atoms with Crippen molar-refractivity contribution >= 4 is 40.7 Å². The van der Waals surface area contributed by atoms with Gasteiger partial charge in [0, 0.05) is 56.6 Å². The third-order valence-corrected chi connectivity index (χ3v) is 12.9. The highest BCUT2D eigenvalue weighted by molar-refractivity contribution is 6.08. The fraction of sp³-hybridized carbons (Fsp3) is 0.435. The molecule has 4 amide bonds. The Kier molecular flexibility index (Phi) is 11.5. The van der Waals surface area contributed by atoms with Crippen molar-refractivity contribution in [3.8, 4) is 22.4 Å². The molecule has 5 heterocycles. The van der Waals surface area contributed by atoms with Gasteiger partial charge in [-0.25, -0.2) is 23.9 Å². The average Bonchev–Trinajstić information content (AvgIpc) is 3.60. The largest absolute Gasteiger partial charge is 0.446 e. The van der Waals surface area contributed by atoms with Gasteiger partial charge in [-0.05, 0) is 111 Å². The second kappa shape index (κ2) is 17.4. The highest BCUT2D eigenvalue weighted by atomic mass is 19.1. The number of aromatic nitrogens is 4. The van der Waals surface area contributed by atoms with Gasteiger partial charge in [-0.3, -0.25) is 19.7 Å². The van der Waals surface area contributed by atoms with Crippen LogP contribution in [0.5, 0.6) is 0 Å². The molecule has 3 aliphatic heterocycles. The molecule has 9 rings (SSSR count). The highest BCUT2D eigenvalue weighted by Crippen LogP contribution is 2.35. The zero-order valence-electron chi connectivity index (χ0n) is 34.1. The maximum atomic E-state index is 15.0. The van der Waals surface area contributed by atoms with Gasteiger partial charge in [0.1, 0.15) is 11.8 Å². The first-order chi connectivity index (χ1) is 29.2. The molecule has 1 aliphatic carbocycles. The van der Waals surface area contributed by atoms with E-state index in [0.717, 1.165) is 106 Å². The number of anilines is 2. The number of hydrogen-bond acceptors (Lipinski definition) is 9. The number of nitrogens with zero attached hydrogens (tertiary/aromatic N) is 7. The first-order valence-corrected chi connectivity index (χ1v) is 21.4. The number of likely N-dealkylation sites (tertiary alicyclic amines) is 2. The minimum absolute atomic E-state index is 0.109. The van der Waals surface area contributed by atoms with E-state index >= 15 is 0 Å². The molecule has 0 bridgehead atoms. The summed E-state index contributed by atoms with van der Waals surface area (Å²) in [6, 6.07) is 23.9. The molecule has 4 fully saturated rings. The maximum Gasteiger partial charge on any atom is 0.410 e. The van der Waals surface area contributed by atoms with Gasteiger partial charge >= 0.3 is 12.1 Å². The molecule has 1 saturated carbocycles. The van der Waals surface area contributed by atoms with E-state index in [0.29, 0.717) is 35.7 Å². The molecule has 13 nitrogen and oxygen atoms in total. The van der Waals surface area contributed by atoms with Crippen LogP contribution >= 0.6 is 0 Å². The molecule has 2 aromatic heterocycles. The van der Waals surface area contributed by atoms with Crippen molar-refractivity contribution < 1.29 is 23.5 Å². The molecule has 3 aromatic carbocycles. The summed E-state index contributed by atoms with van der Waals surface area (Å²) in [4.78, 5) is 52.2. The molecule has 14 heteroatoms. The van der Waals surface area contributed by atoms with Gasteiger partial charge in [-0.1, -0.05) is 54.6 Å². The Bertz CT molecular complexity index is 2350. The summed E-state index contributed by atoms with van der Waals surface area (Å²) in [6.07, 6.45) is 8.39. The second-order valence-electron chi connectivity index (χ2n) is 16.8. The number of amides is 4. The SMILES string of the molecule is Cn1nc(N2CCC(=O)NC2=O)c2ccc(C3CCN(CC4CCN(C(=O)OC5CCC(Nc6ncc(F)c(-c7cccc(-c8ccccc8)c7)n6)CC5)CC4)CC3)cc21. The lowest BCUT2D eigenvalue weighted by Crippen LogP contribution is -2.49. The van der Waals surface area contributed by atoms with Crippen LogP contribution in [-0.4, -0.2) is 99.0 Å². The van der Waals surface area contributed by atoms with Crippen LogP contribution < -0.4 is 15.5 Å². The molecule has 312 valence electrons. The highest BCUT2D eigenvalue weighted by Gasteiger charge is 2.32. The first kappa shape index (κ1) is 39.6. The quantitative estimate of drug-likeness (QED) is 0.153. The molecular weight excluding hydrogens is 762 g/mol. The van der Waals surface area contributed by atoms with Crippen LogP contribution in [0, 0.1) is 11.7 Å². The van der Waals surface area contributed by atoms with E-state index in [-0.39, 0.29) is 36.3 Å². The van der Waals surface area contributed by atoms with Crippen molar-refractivity contribution in [3.05, 3.63) is 90.4 Å². The fourth-order valence-corrected chi connectivity index (χ4v) is 9.43. The summed E-state index contributed by atoms with van der Waals surface area (Å²) in [6.45, 7) is 4.90. The molecule has 0 radical (unpaired) electrons. The van der Waals surface area contributed by atoms with Crippen LogP contribution in [-0.2, 0) is 16.6 Å². The predicted octanol–water partition coefficient (Wildman–Crippen LogP) is 7.73. The van der Waals surface area contributed by atoms with E-state index in [1.165, 1.54) is 11.8 Å². The summed E-state index contributed by atoms with van der Waals surface area (Å²) in [7, 11) is 1.90. The van der Waals surface area contributed by atoms with Gasteiger partial charge in [0.2, 0.25) is 11.9 Å². The number of halogens is 1. The lowest BCUT2D eigenvalue weighted by molar-refractivity contribution is -0.120. The second-order valence-corrected chi connectivity index (χ2v) is 16.8. The van der Waals surface area contributed by atoms with Crippen LogP contribution in [0.2, 0.25) is 0 Å². The van der Waals surface area contributed by atoms with Crippen LogP contribution in [0.1, 0.15) is 69.3 Å². The Balaban J connectivity index is 0.700. The van der Waals surface area contributed by atoms with E-state index < -0.39 is 11.8 Å². The van der Waals surface area contributed by atoms with E-state index in [4.69, 9.17) is 4.74 Å². The number of imide groups is 1. The standard InChI is InChI=1S/C46H52FN9O4/c1-53-40-27-34(10-15-38(40)43(52-53)56-25-20-41(57)50-45(56)58)32-18-21-54(22-19-32)29-30-16-23-55(24-17-30)46(59)60-37-13-11-36(12-14-37)49-44-48-28-39(47)42(51-44)35-9-5-8-33(26-35)31-6-3-2-4-7-31/h2-10,15,26-28,30,32,36-37H,11-14,16-25,29H2,1H3,(H,48,49,51)(H,50,57,58).